The first-order valence-electron chi connectivity index (χ1n) is 5.49. The van der Waals surface area contributed by atoms with Crippen molar-refractivity contribution in [3.8, 4) is 5.75 Å². The van der Waals surface area contributed by atoms with Gasteiger partial charge in [0.1, 0.15) is 5.75 Å². The molecule has 1 heterocycles. The fourth-order valence-electron chi connectivity index (χ4n) is 1.54. The first kappa shape index (κ1) is 12.3. The van der Waals surface area contributed by atoms with Gasteiger partial charge in [-0.05, 0) is 24.1 Å². The zero-order valence-electron chi connectivity index (χ0n) is 9.72. The predicted octanol–water partition coefficient (Wildman–Crippen LogP) is 0.735. The second-order valence-electron chi connectivity index (χ2n) is 3.93. The van der Waals surface area contributed by atoms with E-state index in [0.29, 0.717) is 19.6 Å². The molecule has 0 bridgehead atoms. The summed E-state index contributed by atoms with van der Waals surface area (Å²) in [7, 11) is -1.69. The van der Waals surface area contributed by atoms with Gasteiger partial charge >= 0.3 is 0 Å². The Morgan fingerprint density at radius 1 is 1.29 bits per heavy atom. The van der Waals surface area contributed by atoms with Gasteiger partial charge in [-0.25, -0.2) is 0 Å². The molecule has 1 fully saturated rings. The molecule has 17 heavy (non-hydrogen) atoms. The molecule has 0 radical (unpaired) electrons. The molecule has 0 atom stereocenters. The predicted molar refractivity (Wildman–Crippen MR) is 64.9 cm³/mol. The molecule has 0 aliphatic carbocycles. The first-order chi connectivity index (χ1) is 8.12. The van der Waals surface area contributed by atoms with Crippen molar-refractivity contribution in [3.05, 3.63) is 29.8 Å². The number of benzene rings is 1. The van der Waals surface area contributed by atoms with E-state index in [9.17, 15) is 8.42 Å². The van der Waals surface area contributed by atoms with Crippen LogP contribution in [0, 0.1) is 0 Å². The molecule has 94 valence electrons. The maximum absolute atomic E-state index is 11.7. The molecule has 2 rings (SSSR count). The van der Waals surface area contributed by atoms with E-state index in [-0.39, 0.29) is 0 Å². The van der Waals surface area contributed by atoms with E-state index in [1.54, 1.807) is 7.11 Å². The lowest BCUT2D eigenvalue weighted by molar-refractivity contribution is 0.304. The molecular formula is C11H16N2O3S. The molecule has 1 aromatic rings. The lowest BCUT2D eigenvalue weighted by Gasteiger charge is -2.29. The molecule has 1 aromatic carbocycles. The summed E-state index contributed by atoms with van der Waals surface area (Å²) in [6, 6.07) is 7.31. The van der Waals surface area contributed by atoms with Crippen molar-refractivity contribution in [1.82, 2.24) is 9.03 Å². The molecule has 6 heteroatoms. The zero-order chi connectivity index (χ0) is 12.3. The summed E-state index contributed by atoms with van der Waals surface area (Å²) in [5.41, 5.74) is 0.912. The van der Waals surface area contributed by atoms with Crippen LogP contribution in [0.1, 0.15) is 12.0 Å². The SMILES string of the molecule is COc1ccc(CNS(=O)(=O)N2CCC2)cc1. The summed E-state index contributed by atoms with van der Waals surface area (Å²) in [6.07, 6.45) is 0.948. The smallest absolute Gasteiger partial charge is 0.279 e. The maximum Gasteiger partial charge on any atom is 0.279 e. The third-order valence-corrected chi connectivity index (χ3v) is 4.33. The van der Waals surface area contributed by atoms with Gasteiger partial charge < -0.3 is 4.74 Å². The normalized spacial score (nSPS) is 16.5. The summed E-state index contributed by atoms with van der Waals surface area (Å²) >= 11 is 0. The number of methoxy groups -OCH3 is 1. The minimum atomic E-state index is -3.29. The molecule has 0 spiro atoms. The van der Waals surface area contributed by atoms with Gasteiger partial charge in [-0.3, -0.25) is 0 Å². The summed E-state index contributed by atoms with van der Waals surface area (Å²) < 4.78 is 32.4. The van der Waals surface area contributed by atoms with E-state index in [1.807, 2.05) is 24.3 Å². The molecule has 0 unspecified atom stereocenters. The van der Waals surface area contributed by atoms with Gasteiger partial charge in [0.05, 0.1) is 7.11 Å². The van der Waals surface area contributed by atoms with Gasteiger partial charge in [0, 0.05) is 19.6 Å². The van der Waals surface area contributed by atoms with Crippen LogP contribution >= 0.6 is 0 Å². The Morgan fingerprint density at radius 3 is 2.41 bits per heavy atom. The number of hydrogen-bond donors (Lipinski definition) is 1. The van der Waals surface area contributed by atoms with E-state index in [2.05, 4.69) is 4.72 Å². The molecule has 0 amide bonds. The zero-order valence-corrected chi connectivity index (χ0v) is 10.5. The van der Waals surface area contributed by atoms with Crippen LogP contribution in [0.25, 0.3) is 0 Å². The van der Waals surface area contributed by atoms with Crippen LogP contribution in [0.5, 0.6) is 5.75 Å². The lowest BCUT2D eigenvalue weighted by Crippen LogP contribution is -2.47. The quantitative estimate of drug-likeness (QED) is 0.845. The number of nitrogens with zero attached hydrogens (tertiary/aromatic N) is 1. The summed E-state index contributed by atoms with van der Waals surface area (Å²) in [6.45, 7) is 1.55. The Bertz CT molecular complexity index is 466. The number of ether oxygens (including phenoxy) is 1. The van der Waals surface area contributed by atoms with Crippen LogP contribution in [-0.4, -0.2) is 32.9 Å². The third kappa shape index (κ3) is 2.96. The van der Waals surface area contributed by atoms with Crippen molar-refractivity contribution in [2.45, 2.75) is 13.0 Å². The number of nitrogens with one attached hydrogen (secondary N) is 1. The van der Waals surface area contributed by atoms with E-state index >= 15 is 0 Å². The maximum atomic E-state index is 11.7. The van der Waals surface area contributed by atoms with Crippen molar-refractivity contribution in [3.63, 3.8) is 0 Å². The molecule has 0 saturated carbocycles. The van der Waals surface area contributed by atoms with Gasteiger partial charge in [-0.1, -0.05) is 12.1 Å². The van der Waals surface area contributed by atoms with Gasteiger partial charge in [-0.2, -0.15) is 17.4 Å². The highest BCUT2D eigenvalue weighted by Gasteiger charge is 2.26. The highest BCUT2D eigenvalue weighted by Crippen LogP contribution is 2.13. The minimum Gasteiger partial charge on any atom is -0.497 e. The molecule has 1 aliphatic rings. The molecule has 0 aromatic heterocycles. The Hall–Kier alpha value is -1.11. The van der Waals surface area contributed by atoms with E-state index in [4.69, 9.17) is 4.74 Å². The van der Waals surface area contributed by atoms with Crippen molar-refractivity contribution in [1.29, 1.82) is 0 Å². The fraction of sp³-hybridized carbons (Fsp3) is 0.455. The number of hydrogen-bond acceptors (Lipinski definition) is 3. The number of rotatable bonds is 5. The van der Waals surface area contributed by atoms with Crippen LogP contribution in [0.4, 0.5) is 0 Å². The Morgan fingerprint density at radius 2 is 1.94 bits per heavy atom. The highest BCUT2D eigenvalue weighted by atomic mass is 32.2. The summed E-state index contributed by atoms with van der Waals surface area (Å²) in [5.74, 6) is 0.763. The van der Waals surface area contributed by atoms with E-state index in [0.717, 1.165) is 17.7 Å². The van der Waals surface area contributed by atoms with Crippen molar-refractivity contribution in [2.24, 2.45) is 0 Å². The van der Waals surface area contributed by atoms with Crippen molar-refractivity contribution in [2.75, 3.05) is 20.2 Å². The topological polar surface area (TPSA) is 58.6 Å². The summed E-state index contributed by atoms with van der Waals surface area (Å²) in [5, 5.41) is 0. The van der Waals surface area contributed by atoms with Crippen LogP contribution in [0.2, 0.25) is 0 Å². The van der Waals surface area contributed by atoms with Crippen molar-refractivity contribution < 1.29 is 13.2 Å². The second kappa shape index (κ2) is 5.03. The lowest BCUT2D eigenvalue weighted by atomic mass is 10.2. The monoisotopic (exact) mass is 256 g/mol. The van der Waals surface area contributed by atoms with E-state index < -0.39 is 10.2 Å². The van der Waals surface area contributed by atoms with Gasteiger partial charge in [0.2, 0.25) is 0 Å². The average Bonchev–Trinajstić information content (AvgIpc) is 2.24. The highest BCUT2D eigenvalue weighted by molar-refractivity contribution is 7.87. The fourth-order valence-corrected chi connectivity index (χ4v) is 2.81. The molecule has 1 aliphatic heterocycles. The van der Waals surface area contributed by atoms with Crippen LogP contribution in [0.15, 0.2) is 24.3 Å². The first-order valence-corrected chi connectivity index (χ1v) is 6.93. The molecule has 1 N–H and O–H groups in total. The Balaban J connectivity index is 1.92. The average molecular weight is 256 g/mol. The largest absolute Gasteiger partial charge is 0.497 e. The summed E-state index contributed by atoms with van der Waals surface area (Å²) in [4.78, 5) is 0. The van der Waals surface area contributed by atoms with Crippen LogP contribution < -0.4 is 9.46 Å². The standard InChI is InChI=1S/C11H16N2O3S/c1-16-11-5-3-10(4-6-11)9-12-17(14,15)13-7-2-8-13/h3-6,12H,2,7-9H2,1H3. The van der Waals surface area contributed by atoms with Crippen LogP contribution in [-0.2, 0) is 16.8 Å². The van der Waals surface area contributed by atoms with E-state index in [1.165, 1.54) is 4.31 Å². The molecule has 1 saturated heterocycles. The Labute approximate surface area is 102 Å². The van der Waals surface area contributed by atoms with Gasteiger partial charge in [0.25, 0.3) is 10.2 Å². The Kier molecular flexibility index (Phi) is 3.66. The third-order valence-electron chi connectivity index (χ3n) is 2.77. The van der Waals surface area contributed by atoms with Crippen LogP contribution in [0.3, 0.4) is 0 Å². The van der Waals surface area contributed by atoms with Gasteiger partial charge in [0.15, 0.2) is 0 Å². The molecule has 5 nitrogen and oxygen atoms in total. The van der Waals surface area contributed by atoms with Crippen molar-refractivity contribution >= 4 is 10.2 Å². The minimum absolute atomic E-state index is 0.308. The second-order valence-corrected chi connectivity index (χ2v) is 5.68. The molecular weight excluding hydrogens is 240 g/mol. The van der Waals surface area contributed by atoms with Gasteiger partial charge in [-0.15, -0.1) is 0 Å².